The SMILES string of the molecule is Cc1cc(Br)c(NS(=O)(=O)c2cc(N)cs2)cc1Cl. The molecule has 0 aliphatic carbocycles. The molecule has 102 valence electrons. The van der Waals surface area contributed by atoms with E-state index in [1.165, 1.54) is 6.07 Å². The lowest BCUT2D eigenvalue weighted by Crippen LogP contribution is -2.12. The van der Waals surface area contributed by atoms with Gasteiger partial charge in [0.15, 0.2) is 0 Å². The number of hydrogen-bond donors (Lipinski definition) is 2. The Hall–Kier alpha value is -0.760. The van der Waals surface area contributed by atoms with Gasteiger partial charge in [-0.2, -0.15) is 0 Å². The number of thiophene rings is 1. The molecule has 0 radical (unpaired) electrons. The maximum atomic E-state index is 12.1. The molecule has 0 unspecified atom stereocenters. The average molecular weight is 382 g/mol. The zero-order chi connectivity index (χ0) is 14.2. The number of rotatable bonds is 3. The Morgan fingerprint density at radius 1 is 1.37 bits per heavy atom. The summed E-state index contributed by atoms with van der Waals surface area (Å²) < 4.78 is 27.6. The molecule has 4 nitrogen and oxygen atoms in total. The normalized spacial score (nSPS) is 11.5. The summed E-state index contributed by atoms with van der Waals surface area (Å²) in [5.74, 6) is 0. The third-order valence-electron chi connectivity index (χ3n) is 2.35. The quantitative estimate of drug-likeness (QED) is 0.848. The first kappa shape index (κ1) is 14.6. The van der Waals surface area contributed by atoms with Gasteiger partial charge in [0.25, 0.3) is 10.0 Å². The molecule has 1 aromatic carbocycles. The van der Waals surface area contributed by atoms with Crippen LogP contribution in [-0.4, -0.2) is 8.42 Å². The molecule has 0 atom stereocenters. The van der Waals surface area contributed by atoms with Gasteiger partial charge >= 0.3 is 0 Å². The van der Waals surface area contributed by atoms with E-state index in [4.69, 9.17) is 17.3 Å². The van der Waals surface area contributed by atoms with Gasteiger partial charge < -0.3 is 5.73 Å². The molecule has 0 amide bonds. The Morgan fingerprint density at radius 3 is 2.63 bits per heavy atom. The van der Waals surface area contributed by atoms with E-state index in [1.807, 2.05) is 6.92 Å². The molecule has 0 aliphatic heterocycles. The molecule has 0 saturated heterocycles. The molecule has 19 heavy (non-hydrogen) atoms. The van der Waals surface area contributed by atoms with E-state index in [1.54, 1.807) is 17.5 Å². The van der Waals surface area contributed by atoms with Crippen molar-refractivity contribution < 1.29 is 8.42 Å². The highest BCUT2D eigenvalue weighted by atomic mass is 79.9. The van der Waals surface area contributed by atoms with Gasteiger partial charge in [-0.3, -0.25) is 4.72 Å². The molecule has 0 spiro atoms. The van der Waals surface area contributed by atoms with Crippen molar-refractivity contribution in [2.45, 2.75) is 11.1 Å². The first-order valence-corrected chi connectivity index (χ1v) is 8.65. The lowest BCUT2D eigenvalue weighted by molar-refractivity contribution is 0.603. The van der Waals surface area contributed by atoms with Crippen LogP contribution in [-0.2, 0) is 10.0 Å². The maximum absolute atomic E-state index is 12.1. The Labute approximate surface area is 128 Å². The number of aryl methyl sites for hydroxylation is 1. The van der Waals surface area contributed by atoms with Crippen molar-refractivity contribution in [1.82, 2.24) is 0 Å². The second-order valence-electron chi connectivity index (χ2n) is 3.89. The van der Waals surface area contributed by atoms with E-state index in [0.717, 1.165) is 16.9 Å². The topological polar surface area (TPSA) is 72.2 Å². The van der Waals surface area contributed by atoms with Crippen LogP contribution < -0.4 is 10.5 Å². The van der Waals surface area contributed by atoms with Crippen molar-refractivity contribution in [3.8, 4) is 0 Å². The summed E-state index contributed by atoms with van der Waals surface area (Å²) in [5.41, 5.74) is 7.20. The Bertz CT molecular complexity index is 728. The molecular weight excluding hydrogens is 372 g/mol. The lowest BCUT2D eigenvalue weighted by atomic mass is 10.2. The Balaban J connectivity index is 2.38. The standard InChI is InChI=1S/C11H10BrClN2O2S2/c1-6-2-8(12)10(4-9(6)13)15-19(16,17)11-3-7(14)5-18-11/h2-5,15H,14H2,1H3. The van der Waals surface area contributed by atoms with Crippen molar-refractivity contribution >= 4 is 60.3 Å². The van der Waals surface area contributed by atoms with Gasteiger partial charge in [0, 0.05) is 20.6 Å². The average Bonchev–Trinajstić information content (AvgIpc) is 2.73. The fourth-order valence-corrected chi connectivity index (χ4v) is 4.39. The largest absolute Gasteiger partial charge is 0.398 e. The van der Waals surface area contributed by atoms with Crippen LogP contribution in [0, 0.1) is 6.92 Å². The minimum atomic E-state index is -3.64. The Kier molecular flexibility index (Phi) is 4.10. The zero-order valence-electron chi connectivity index (χ0n) is 9.78. The van der Waals surface area contributed by atoms with Crippen molar-refractivity contribution in [3.63, 3.8) is 0 Å². The molecule has 1 heterocycles. The van der Waals surface area contributed by atoms with E-state index in [9.17, 15) is 8.42 Å². The predicted molar refractivity (Wildman–Crippen MR) is 83.4 cm³/mol. The number of anilines is 2. The highest BCUT2D eigenvalue weighted by Gasteiger charge is 2.18. The predicted octanol–water partition coefficient (Wildman–Crippen LogP) is 3.86. The number of sulfonamides is 1. The fourth-order valence-electron chi connectivity index (χ4n) is 1.39. The minimum absolute atomic E-state index is 0.161. The van der Waals surface area contributed by atoms with Gasteiger partial charge in [-0.05, 0) is 46.6 Å². The summed E-state index contributed by atoms with van der Waals surface area (Å²) in [6.07, 6.45) is 0. The summed E-state index contributed by atoms with van der Waals surface area (Å²) in [6.45, 7) is 1.84. The van der Waals surface area contributed by atoms with E-state index in [0.29, 0.717) is 20.9 Å². The lowest BCUT2D eigenvalue weighted by Gasteiger charge is -2.10. The zero-order valence-corrected chi connectivity index (χ0v) is 13.8. The van der Waals surface area contributed by atoms with Crippen molar-refractivity contribution in [2.24, 2.45) is 0 Å². The smallest absolute Gasteiger partial charge is 0.271 e. The van der Waals surface area contributed by atoms with Crippen molar-refractivity contribution in [2.75, 3.05) is 10.5 Å². The molecule has 3 N–H and O–H groups in total. The highest BCUT2D eigenvalue weighted by molar-refractivity contribution is 9.10. The Morgan fingerprint density at radius 2 is 2.05 bits per heavy atom. The number of benzene rings is 1. The van der Waals surface area contributed by atoms with E-state index >= 15 is 0 Å². The van der Waals surface area contributed by atoms with Crippen LogP contribution in [0.4, 0.5) is 11.4 Å². The molecule has 2 aromatic rings. The van der Waals surface area contributed by atoms with Crippen LogP contribution in [0.5, 0.6) is 0 Å². The molecule has 0 bridgehead atoms. The van der Waals surface area contributed by atoms with Gasteiger partial charge in [-0.1, -0.05) is 11.6 Å². The number of hydrogen-bond acceptors (Lipinski definition) is 4. The van der Waals surface area contributed by atoms with Crippen LogP contribution in [0.25, 0.3) is 0 Å². The number of nitrogens with two attached hydrogens (primary N) is 1. The molecule has 8 heteroatoms. The molecule has 0 aliphatic rings. The molecule has 2 rings (SSSR count). The van der Waals surface area contributed by atoms with Gasteiger partial charge in [0.2, 0.25) is 0 Å². The molecular formula is C11H10BrClN2O2S2. The fraction of sp³-hybridized carbons (Fsp3) is 0.0909. The summed E-state index contributed by atoms with van der Waals surface area (Å²) in [7, 11) is -3.64. The highest BCUT2D eigenvalue weighted by Crippen LogP contribution is 2.32. The van der Waals surface area contributed by atoms with Crippen LogP contribution in [0.1, 0.15) is 5.56 Å². The van der Waals surface area contributed by atoms with Crippen molar-refractivity contribution in [1.29, 1.82) is 0 Å². The van der Waals surface area contributed by atoms with E-state index in [2.05, 4.69) is 20.7 Å². The number of nitrogens with one attached hydrogen (secondary N) is 1. The molecule has 0 saturated carbocycles. The second kappa shape index (κ2) is 5.32. The maximum Gasteiger partial charge on any atom is 0.271 e. The van der Waals surface area contributed by atoms with Gasteiger partial charge in [-0.25, -0.2) is 8.42 Å². The van der Waals surface area contributed by atoms with Crippen LogP contribution >= 0.6 is 38.9 Å². The summed E-state index contributed by atoms with van der Waals surface area (Å²) in [4.78, 5) is 0. The van der Waals surface area contributed by atoms with E-state index < -0.39 is 10.0 Å². The van der Waals surface area contributed by atoms with Crippen LogP contribution in [0.15, 0.2) is 32.3 Å². The first-order valence-electron chi connectivity index (χ1n) is 5.12. The van der Waals surface area contributed by atoms with E-state index in [-0.39, 0.29) is 4.21 Å². The third kappa shape index (κ3) is 3.22. The molecule has 1 aromatic heterocycles. The van der Waals surface area contributed by atoms with Gasteiger partial charge in [0.05, 0.1) is 5.69 Å². The number of halogens is 2. The summed E-state index contributed by atoms with van der Waals surface area (Å²) in [5, 5.41) is 2.07. The van der Waals surface area contributed by atoms with Gasteiger partial charge in [-0.15, -0.1) is 11.3 Å². The number of nitrogen functional groups attached to an aromatic ring is 1. The second-order valence-corrected chi connectivity index (χ2v) is 7.97. The van der Waals surface area contributed by atoms with Crippen LogP contribution in [0.3, 0.4) is 0 Å². The third-order valence-corrected chi connectivity index (χ3v) is 6.24. The minimum Gasteiger partial charge on any atom is -0.398 e. The van der Waals surface area contributed by atoms with Gasteiger partial charge in [0.1, 0.15) is 4.21 Å². The molecule has 0 fully saturated rings. The van der Waals surface area contributed by atoms with Crippen LogP contribution in [0.2, 0.25) is 5.02 Å². The summed E-state index contributed by atoms with van der Waals surface area (Å²) in [6, 6.07) is 4.73. The summed E-state index contributed by atoms with van der Waals surface area (Å²) >= 11 is 10.4. The monoisotopic (exact) mass is 380 g/mol. The van der Waals surface area contributed by atoms with Crippen molar-refractivity contribution in [3.05, 3.63) is 38.6 Å². The first-order chi connectivity index (χ1) is 8.79.